The van der Waals surface area contributed by atoms with Crippen LogP contribution in [0.2, 0.25) is 0 Å². The van der Waals surface area contributed by atoms with E-state index in [2.05, 4.69) is 24.1 Å². The molecule has 0 saturated carbocycles. The summed E-state index contributed by atoms with van der Waals surface area (Å²) in [7, 11) is -3.28. The Balaban J connectivity index is 0.000000956. The molecule has 1 saturated heterocycles. The number of carbonyl (C=O) groups is 2. The van der Waals surface area contributed by atoms with Crippen molar-refractivity contribution in [1.29, 1.82) is 0 Å². The molecular weight excluding hydrogens is 417 g/mol. The van der Waals surface area contributed by atoms with E-state index in [9.17, 15) is 26.4 Å². The zero-order chi connectivity index (χ0) is 22.7. The van der Waals surface area contributed by atoms with Gasteiger partial charge in [0.05, 0.1) is 6.26 Å². The highest BCUT2D eigenvalue weighted by atomic mass is 32.2. The molecule has 0 aliphatic carbocycles. The van der Waals surface area contributed by atoms with Crippen molar-refractivity contribution in [3.8, 4) is 0 Å². The van der Waals surface area contributed by atoms with Gasteiger partial charge in [0, 0.05) is 52.2 Å². The van der Waals surface area contributed by atoms with Crippen molar-refractivity contribution in [2.24, 2.45) is 0 Å². The predicted octanol–water partition coefficient (Wildman–Crippen LogP) is 0.0450. The quantitative estimate of drug-likeness (QED) is 0.513. The molecule has 0 atom stereocenters. The molecule has 9 nitrogen and oxygen atoms in total. The number of sulfonamides is 1. The number of piperazine rings is 1. The molecule has 172 valence electrons. The van der Waals surface area contributed by atoms with Crippen LogP contribution >= 0.6 is 0 Å². The van der Waals surface area contributed by atoms with E-state index in [-0.39, 0.29) is 18.9 Å². The van der Waals surface area contributed by atoms with E-state index in [0.29, 0.717) is 26.2 Å². The average molecular weight is 449 g/mol. The third kappa shape index (κ3) is 12.0. The van der Waals surface area contributed by atoms with Crippen molar-refractivity contribution < 1.29 is 36.3 Å². The van der Waals surface area contributed by atoms with Crippen molar-refractivity contribution in [1.82, 2.24) is 19.4 Å². The summed E-state index contributed by atoms with van der Waals surface area (Å²) in [6, 6.07) is 0. The van der Waals surface area contributed by atoms with Gasteiger partial charge in [0.15, 0.2) is 0 Å². The molecule has 1 aliphatic rings. The molecule has 0 aromatic carbocycles. The van der Waals surface area contributed by atoms with Crippen LogP contribution in [0.1, 0.15) is 20.3 Å². The highest BCUT2D eigenvalue weighted by Crippen LogP contribution is 2.13. The Morgan fingerprint density at radius 3 is 1.93 bits per heavy atom. The molecule has 0 radical (unpaired) electrons. The lowest BCUT2D eigenvalue weighted by molar-refractivity contribution is -0.192. The van der Waals surface area contributed by atoms with Crippen molar-refractivity contribution in [3.63, 3.8) is 0 Å². The Morgan fingerprint density at radius 2 is 1.55 bits per heavy atom. The van der Waals surface area contributed by atoms with Crippen LogP contribution in [-0.4, -0.2) is 111 Å². The lowest BCUT2D eigenvalue weighted by atomic mass is 10.3. The first kappa shape index (κ1) is 27.6. The maximum absolute atomic E-state index is 12.1. The SMILES string of the molecule is CCN(CC)CCN(CCC(=O)N1CCNCC1)S(C)(=O)=O.O=C(O)C(F)(F)F. The second kappa shape index (κ2) is 13.0. The predicted molar refractivity (Wildman–Crippen MR) is 102 cm³/mol. The fraction of sp³-hybridized carbons (Fsp3) is 0.875. The largest absolute Gasteiger partial charge is 0.490 e. The van der Waals surface area contributed by atoms with Crippen LogP contribution in [0.4, 0.5) is 13.2 Å². The van der Waals surface area contributed by atoms with E-state index in [4.69, 9.17) is 9.90 Å². The lowest BCUT2D eigenvalue weighted by Crippen LogP contribution is -2.47. The normalized spacial score (nSPS) is 15.2. The topological polar surface area (TPSA) is 110 Å². The molecule has 1 heterocycles. The molecule has 29 heavy (non-hydrogen) atoms. The lowest BCUT2D eigenvalue weighted by Gasteiger charge is -2.29. The molecule has 1 fully saturated rings. The molecule has 0 aromatic heterocycles. The van der Waals surface area contributed by atoms with Gasteiger partial charge in [-0.2, -0.15) is 13.2 Å². The van der Waals surface area contributed by atoms with E-state index in [1.165, 1.54) is 10.6 Å². The van der Waals surface area contributed by atoms with Gasteiger partial charge >= 0.3 is 12.1 Å². The Hall–Kier alpha value is -1.44. The van der Waals surface area contributed by atoms with E-state index in [1.54, 1.807) is 4.90 Å². The van der Waals surface area contributed by atoms with Crippen molar-refractivity contribution in [2.45, 2.75) is 26.4 Å². The first-order valence-electron chi connectivity index (χ1n) is 9.29. The van der Waals surface area contributed by atoms with Crippen LogP contribution in [0.5, 0.6) is 0 Å². The number of carboxylic acids is 1. The van der Waals surface area contributed by atoms with Crippen LogP contribution in [-0.2, 0) is 19.6 Å². The van der Waals surface area contributed by atoms with Gasteiger partial charge in [-0.1, -0.05) is 13.8 Å². The summed E-state index contributed by atoms with van der Waals surface area (Å²) >= 11 is 0. The summed E-state index contributed by atoms with van der Waals surface area (Å²) in [5, 5.41) is 10.3. The summed E-state index contributed by atoms with van der Waals surface area (Å²) in [6.07, 6.45) is -3.62. The highest BCUT2D eigenvalue weighted by Gasteiger charge is 2.38. The number of nitrogens with one attached hydrogen (secondary N) is 1. The first-order chi connectivity index (χ1) is 13.3. The van der Waals surface area contributed by atoms with Gasteiger partial charge in [0.2, 0.25) is 15.9 Å². The van der Waals surface area contributed by atoms with Gasteiger partial charge in [0.25, 0.3) is 0 Å². The second-order valence-corrected chi connectivity index (χ2v) is 8.36. The highest BCUT2D eigenvalue weighted by molar-refractivity contribution is 7.88. The minimum absolute atomic E-state index is 0.0398. The monoisotopic (exact) mass is 448 g/mol. The van der Waals surface area contributed by atoms with Gasteiger partial charge in [-0.3, -0.25) is 4.79 Å². The Kier molecular flexibility index (Phi) is 12.3. The number of amides is 1. The molecule has 1 aliphatic heterocycles. The number of alkyl halides is 3. The molecule has 0 bridgehead atoms. The summed E-state index contributed by atoms with van der Waals surface area (Å²) in [5.41, 5.74) is 0. The van der Waals surface area contributed by atoms with E-state index in [1.807, 2.05) is 0 Å². The smallest absolute Gasteiger partial charge is 0.475 e. The maximum atomic E-state index is 12.1. The van der Waals surface area contributed by atoms with Crippen molar-refractivity contribution >= 4 is 21.9 Å². The molecular formula is C16H31F3N4O5S. The summed E-state index contributed by atoms with van der Waals surface area (Å²) in [6.45, 7) is 10.3. The number of carboxylic acid groups (broad SMARTS) is 1. The molecule has 13 heteroatoms. The Morgan fingerprint density at radius 1 is 1.07 bits per heavy atom. The van der Waals surface area contributed by atoms with E-state index < -0.39 is 22.2 Å². The number of likely N-dealkylation sites (N-methyl/N-ethyl adjacent to an activating group) is 1. The third-order valence-corrected chi connectivity index (χ3v) is 5.62. The summed E-state index contributed by atoms with van der Waals surface area (Å²) in [5.74, 6) is -2.72. The average Bonchev–Trinajstić information content (AvgIpc) is 2.64. The zero-order valence-electron chi connectivity index (χ0n) is 17.0. The number of nitrogens with zero attached hydrogens (tertiary/aromatic N) is 3. The maximum Gasteiger partial charge on any atom is 0.490 e. The van der Waals surface area contributed by atoms with Gasteiger partial charge < -0.3 is 20.2 Å². The number of rotatable bonds is 9. The van der Waals surface area contributed by atoms with E-state index >= 15 is 0 Å². The molecule has 0 unspecified atom stereocenters. The summed E-state index contributed by atoms with van der Waals surface area (Å²) in [4.78, 5) is 25.0. The third-order valence-electron chi connectivity index (χ3n) is 4.32. The summed E-state index contributed by atoms with van der Waals surface area (Å²) < 4.78 is 56.9. The zero-order valence-corrected chi connectivity index (χ0v) is 17.9. The van der Waals surface area contributed by atoms with Gasteiger partial charge in [-0.15, -0.1) is 0 Å². The molecule has 1 rings (SSSR count). The second-order valence-electron chi connectivity index (χ2n) is 6.37. The molecule has 1 amide bonds. The number of hydrogen-bond acceptors (Lipinski definition) is 6. The molecule has 0 aromatic rings. The van der Waals surface area contributed by atoms with Gasteiger partial charge in [-0.25, -0.2) is 17.5 Å². The van der Waals surface area contributed by atoms with Crippen molar-refractivity contribution in [3.05, 3.63) is 0 Å². The minimum atomic E-state index is -5.08. The van der Waals surface area contributed by atoms with Crippen LogP contribution in [0, 0.1) is 0 Å². The number of halogens is 3. The standard InChI is InChI=1S/C14H30N4O3S.C2HF3O2/c1-4-16(5-2)12-13-18(22(3,20)21)9-6-14(19)17-10-7-15-8-11-17;3-2(4,5)1(6)7/h15H,4-13H2,1-3H3;(H,6,7). The van der Waals surface area contributed by atoms with E-state index in [0.717, 1.165) is 26.2 Å². The van der Waals surface area contributed by atoms with Gasteiger partial charge in [-0.05, 0) is 13.1 Å². The molecule has 2 N–H and O–H groups in total. The minimum Gasteiger partial charge on any atom is -0.475 e. The fourth-order valence-corrected chi connectivity index (χ4v) is 3.37. The Bertz CT molecular complexity index is 606. The van der Waals surface area contributed by atoms with Gasteiger partial charge in [0.1, 0.15) is 0 Å². The van der Waals surface area contributed by atoms with Crippen LogP contribution in [0.25, 0.3) is 0 Å². The van der Waals surface area contributed by atoms with Crippen LogP contribution in [0.15, 0.2) is 0 Å². The van der Waals surface area contributed by atoms with Crippen LogP contribution < -0.4 is 5.32 Å². The Labute approximate surface area is 169 Å². The number of hydrogen-bond donors (Lipinski definition) is 2. The number of carbonyl (C=O) groups excluding carboxylic acids is 1. The van der Waals surface area contributed by atoms with Crippen LogP contribution in [0.3, 0.4) is 0 Å². The number of aliphatic carboxylic acids is 1. The van der Waals surface area contributed by atoms with Crippen molar-refractivity contribution in [2.75, 3.05) is 65.2 Å². The fourth-order valence-electron chi connectivity index (χ4n) is 2.53. The molecule has 0 spiro atoms. The first-order valence-corrected chi connectivity index (χ1v) is 11.1.